The number of hydrogen-bond acceptors (Lipinski definition) is 5. The molecule has 6 heteroatoms. The summed E-state index contributed by atoms with van der Waals surface area (Å²) in [6.07, 6.45) is 6.74. The summed E-state index contributed by atoms with van der Waals surface area (Å²) in [6, 6.07) is 20.3. The molecular formula is C42H50IrN3O2-. The molecule has 0 unspecified atom stereocenters. The van der Waals surface area contributed by atoms with Gasteiger partial charge in [-0.25, -0.2) is 0 Å². The van der Waals surface area contributed by atoms with Gasteiger partial charge in [0.05, 0.1) is 28.8 Å². The predicted molar refractivity (Wildman–Crippen MR) is 194 cm³/mol. The number of aryl methyl sites for hydroxylation is 4. The van der Waals surface area contributed by atoms with Gasteiger partial charge in [-0.2, -0.15) is 5.26 Å². The van der Waals surface area contributed by atoms with Crippen LogP contribution >= 0.6 is 0 Å². The van der Waals surface area contributed by atoms with Gasteiger partial charge < -0.3 is 10.1 Å². The summed E-state index contributed by atoms with van der Waals surface area (Å²) in [7, 11) is 0. The fourth-order valence-electron chi connectivity index (χ4n) is 6.05. The molecule has 0 fully saturated rings. The Morgan fingerprint density at radius 2 is 1.42 bits per heavy atom. The summed E-state index contributed by atoms with van der Waals surface area (Å²) in [6.45, 7) is 20.4. The third-order valence-corrected chi connectivity index (χ3v) is 8.94. The van der Waals surface area contributed by atoms with E-state index < -0.39 is 0 Å². The Labute approximate surface area is 301 Å². The van der Waals surface area contributed by atoms with Gasteiger partial charge in [-0.15, -0.1) is 34.9 Å². The van der Waals surface area contributed by atoms with E-state index in [2.05, 4.69) is 70.2 Å². The summed E-state index contributed by atoms with van der Waals surface area (Å²) >= 11 is 0. The van der Waals surface area contributed by atoms with E-state index in [1.54, 1.807) is 0 Å². The number of carbonyl (C=O) groups is 1. The first-order chi connectivity index (χ1) is 22.4. The number of allylic oxidation sites excluding steroid dienone is 2. The Morgan fingerprint density at radius 1 is 0.833 bits per heavy atom. The van der Waals surface area contributed by atoms with Crippen LogP contribution in [0.25, 0.3) is 33.8 Å². The maximum atomic E-state index is 11.7. The first-order valence-electron chi connectivity index (χ1n) is 16.8. The number of aliphatic hydroxyl groups excluding tert-OH is 1. The molecule has 4 rings (SSSR count). The molecule has 0 atom stereocenters. The van der Waals surface area contributed by atoms with Crippen LogP contribution in [-0.2, 0) is 24.9 Å². The first-order valence-corrected chi connectivity index (χ1v) is 16.8. The van der Waals surface area contributed by atoms with Gasteiger partial charge in [0.1, 0.15) is 0 Å². The monoisotopic (exact) mass is 821 g/mol. The van der Waals surface area contributed by atoms with Gasteiger partial charge in [0.25, 0.3) is 0 Å². The number of rotatable bonds is 10. The first kappa shape index (κ1) is 40.3. The van der Waals surface area contributed by atoms with Gasteiger partial charge in [0.2, 0.25) is 0 Å². The molecule has 5 nitrogen and oxygen atoms in total. The van der Waals surface area contributed by atoms with Crippen molar-refractivity contribution in [2.75, 3.05) is 0 Å². The van der Waals surface area contributed by atoms with Gasteiger partial charge in [-0.1, -0.05) is 76.9 Å². The summed E-state index contributed by atoms with van der Waals surface area (Å²) in [4.78, 5) is 21.7. The quantitative estimate of drug-likeness (QED) is 0.0978. The van der Waals surface area contributed by atoms with Gasteiger partial charge in [-0.05, 0) is 76.1 Å². The Hall–Kier alpha value is -3.91. The van der Waals surface area contributed by atoms with Crippen molar-refractivity contribution in [3.63, 3.8) is 0 Å². The third kappa shape index (κ3) is 10.0. The topological polar surface area (TPSA) is 86.9 Å². The second-order valence-electron chi connectivity index (χ2n) is 12.6. The molecule has 1 radical (unpaired) electrons. The number of benzene rings is 3. The molecule has 1 N–H and O–H groups in total. The molecule has 0 saturated carbocycles. The van der Waals surface area contributed by atoms with Gasteiger partial charge in [0.15, 0.2) is 5.78 Å². The van der Waals surface area contributed by atoms with Crippen LogP contribution in [0.5, 0.6) is 0 Å². The van der Waals surface area contributed by atoms with E-state index in [-0.39, 0.29) is 43.5 Å². The molecule has 0 spiro atoms. The maximum absolute atomic E-state index is 11.7. The van der Waals surface area contributed by atoms with E-state index in [1.165, 1.54) is 22.8 Å². The second kappa shape index (κ2) is 18.6. The molecule has 3 aromatic carbocycles. The molecule has 0 aliphatic rings. The fraction of sp³-hybridized carbons (Fsp3) is 0.381. The SMILES string of the molecule is CCC(CC)C(=O)/C=C(\O)C(CC)CC.Cc1[c-]c(-c2ncc(-c3ccc(C#N)c(C)c3C)nc2-c2cc(C)cc(C)c2)cc(C)c1.[Ir]. The molecule has 1 aromatic heterocycles. The largest absolute Gasteiger partial charge is 0.512 e. The van der Waals surface area contributed by atoms with Crippen molar-refractivity contribution in [2.45, 2.75) is 94.9 Å². The molecule has 0 aliphatic heterocycles. The van der Waals surface area contributed by atoms with Crippen molar-refractivity contribution in [1.29, 1.82) is 5.26 Å². The van der Waals surface area contributed by atoms with Crippen LogP contribution in [0.15, 0.2) is 60.5 Å². The summed E-state index contributed by atoms with van der Waals surface area (Å²) < 4.78 is 0. The van der Waals surface area contributed by atoms with Crippen molar-refractivity contribution < 1.29 is 30.0 Å². The molecule has 0 bridgehead atoms. The predicted octanol–water partition coefficient (Wildman–Crippen LogP) is 10.9. The van der Waals surface area contributed by atoms with Crippen molar-refractivity contribution in [2.24, 2.45) is 11.8 Å². The fourth-order valence-corrected chi connectivity index (χ4v) is 6.05. The summed E-state index contributed by atoms with van der Waals surface area (Å²) in [5.74, 6) is 0.547. The van der Waals surface area contributed by atoms with E-state index in [1.807, 2.05) is 59.9 Å². The molecule has 1 heterocycles. The Kier molecular flexibility index (Phi) is 15.6. The molecular weight excluding hydrogens is 771 g/mol. The zero-order valence-electron chi connectivity index (χ0n) is 30.2. The van der Waals surface area contributed by atoms with Crippen LogP contribution in [0, 0.1) is 70.8 Å². The number of ketones is 1. The molecule has 0 aliphatic carbocycles. The second-order valence-corrected chi connectivity index (χ2v) is 12.6. The number of aromatic nitrogens is 2. The van der Waals surface area contributed by atoms with Crippen molar-refractivity contribution in [3.05, 3.63) is 106 Å². The van der Waals surface area contributed by atoms with Gasteiger partial charge >= 0.3 is 0 Å². The van der Waals surface area contributed by atoms with E-state index in [9.17, 15) is 15.2 Å². The van der Waals surface area contributed by atoms with Crippen molar-refractivity contribution in [1.82, 2.24) is 9.97 Å². The van der Waals surface area contributed by atoms with Gasteiger partial charge in [0, 0.05) is 55.5 Å². The van der Waals surface area contributed by atoms with Gasteiger partial charge in [-0.3, -0.25) is 9.78 Å². The smallest absolute Gasteiger partial charge is 0.162 e. The minimum Gasteiger partial charge on any atom is -0.512 e. The number of nitriles is 1. The normalized spacial score (nSPS) is 11.1. The third-order valence-electron chi connectivity index (χ3n) is 8.94. The number of hydrogen-bond donors (Lipinski definition) is 1. The Balaban J connectivity index is 0.000000427. The van der Waals surface area contributed by atoms with Crippen molar-refractivity contribution in [3.8, 4) is 39.8 Å². The van der Waals surface area contributed by atoms with Crippen LogP contribution < -0.4 is 0 Å². The zero-order chi connectivity index (χ0) is 34.8. The molecule has 0 amide bonds. The van der Waals surface area contributed by atoms with Crippen molar-refractivity contribution >= 4 is 5.78 Å². The van der Waals surface area contributed by atoms with Crippen LogP contribution in [-0.4, -0.2) is 20.9 Å². The van der Waals surface area contributed by atoms with Crippen LogP contribution in [0.1, 0.15) is 92.3 Å². The summed E-state index contributed by atoms with van der Waals surface area (Å²) in [5, 5.41) is 19.1. The number of carbonyl (C=O) groups excluding carboxylic acids is 1. The molecule has 255 valence electrons. The van der Waals surface area contributed by atoms with E-state index in [0.29, 0.717) is 5.56 Å². The van der Waals surface area contributed by atoms with Crippen LogP contribution in [0.2, 0.25) is 0 Å². The average molecular weight is 821 g/mol. The van der Waals surface area contributed by atoms with E-state index in [4.69, 9.17) is 9.97 Å². The van der Waals surface area contributed by atoms with Crippen LogP contribution in [0.4, 0.5) is 0 Å². The van der Waals surface area contributed by atoms with E-state index in [0.717, 1.165) is 76.1 Å². The molecule has 48 heavy (non-hydrogen) atoms. The van der Waals surface area contributed by atoms with Crippen LogP contribution in [0.3, 0.4) is 0 Å². The Bertz CT molecular complexity index is 1750. The number of nitrogens with zero attached hydrogens (tertiary/aromatic N) is 3. The standard InChI is InChI=1S/C29H26N3.C13H24O2.Ir/c1-17-9-18(2)12-24(11-17)28-29(25-13-19(3)10-20(4)14-25)32-27(16-31-28)26-8-7-23(15-30)21(5)22(26)6;1-5-10(6-2)12(14)9-13(15)11(7-3)8-4;/h7-11,13-14,16H,1-6H3;9-11,14H,5-8H2,1-4H3;/q-1;;/b;12-9-;. The van der Waals surface area contributed by atoms with E-state index >= 15 is 0 Å². The molecule has 4 aromatic rings. The summed E-state index contributed by atoms with van der Waals surface area (Å²) in [5.41, 5.74) is 12.8. The average Bonchev–Trinajstić information content (AvgIpc) is 3.02. The zero-order valence-corrected chi connectivity index (χ0v) is 32.6. The number of aliphatic hydroxyl groups is 1. The maximum Gasteiger partial charge on any atom is 0.162 e. The minimum atomic E-state index is 0. The molecule has 0 saturated heterocycles. The minimum absolute atomic E-state index is 0. The Morgan fingerprint density at radius 3 is 1.96 bits per heavy atom.